The maximum Gasteiger partial charge on any atom is 0.131 e. The summed E-state index contributed by atoms with van der Waals surface area (Å²) < 4.78 is 26.2. The second-order valence-electron chi connectivity index (χ2n) is 4.89. The van der Waals surface area contributed by atoms with E-state index in [0.717, 1.165) is 31.5 Å². The molecule has 0 saturated heterocycles. The van der Waals surface area contributed by atoms with Gasteiger partial charge in [0.05, 0.1) is 6.10 Å². The standard InChI is InChI=1S/C15H19F2NO/c16-12-5-6-13(14(17)9-12)15(19)10-18-8-7-11-3-1-2-4-11/h3,5-6,9,15,18-19H,1-2,4,7-8,10H2. The Balaban J connectivity index is 1.75. The lowest BCUT2D eigenvalue weighted by Gasteiger charge is -2.13. The quantitative estimate of drug-likeness (QED) is 0.613. The highest BCUT2D eigenvalue weighted by Gasteiger charge is 2.13. The Morgan fingerprint density at radius 3 is 2.84 bits per heavy atom. The summed E-state index contributed by atoms with van der Waals surface area (Å²) in [7, 11) is 0. The monoisotopic (exact) mass is 267 g/mol. The van der Waals surface area contributed by atoms with Crippen molar-refractivity contribution in [3.8, 4) is 0 Å². The zero-order valence-corrected chi connectivity index (χ0v) is 10.8. The Kier molecular flexibility index (Phi) is 5.05. The summed E-state index contributed by atoms with van der Waals surface area (Å²) in [5.74, 6) is -1.33. The smallest absolute Gasteiger partial charge is 0.131 e. The molecule has 0 spiro atoms. The molecule has 2 rings (SSSR count). The van der Waals surface area contributed by atoms with Crippen LogP contribution in [0.4, 0.5) is 8.78 Å². The van der Waals surface area contributed by atoms with Gasteiger partial charge in [-0.3, -0.25) is 0 Å². The summed E-state index contributed by atoms with van der Waals surface area (Å²) in [4.78, 5) is 0. The molecule has 19 heavy (non-hydrogen) atoms. The summed E-state index contributed by atoms with van der Waals surface area (Å²) >= 11 is 0. The molecule has 0 heterocycles. The largest absolute Gasteiger partial charge is 0.387 e. The molecular formula is C15H19F2NO. The van der Waals surface area contributed by atoms with Crippen LogP contribution in [0.25, 0.3) is 0 Å². The van der Waals surface area contributed by atoms with Crippen molar-refractivity contribution in [3.63, 3.8) is 0 Å². The van der Waals surface area contributed by atoms with Gasteiger partial charge in [-0.1, -0.05) is 17.7 Å². The Hall–Kier alpha value is -1.26. The number of aliphatic hydroxyl groups is 1. The van der Waals surface area contributed by atoms with Crippen molar-refractivity contribution in [2.75, 3.05) is 13.1 Å². The fourth-order valence-electron chi connectivity index (χ4n) is 2.33. The average molecular weight is 267 g/mol. The van der Waals surface area contributed by atoms with Crippen LogP contribution in [-0.4, -0.2) is 18.2 Å². The highest BCUT2D eigenvalue weighted by molar-refractivity contribution is 5.21. The molecule has 104 valence electrons. The molecule has 1 unspecified atom stereocenters. The average Bonchev–Trinajstić information content (AvgIpc) is 2.87. The summed E-state index contributed by atoms with van der Waals surface area (Å²) in [5, 5.41) is 12.9. The summed E-state index contributed by atoms with van der Waals surface area (Å²) in [6, 6.07) is 3.24. The van der Waals surface area contributed by atoms with Crippen LogP contribution in [0.1, 0.15) is 37.4 Å². The second-order valence-corrected chi connectivity index (χ2v) is 4.89. The van der Waals surface area contributed by atoms with E-state index in [2.05, 4.69) is 11.4 Å². The minimum atomic E-state index is -0.946. The molecule has 0 bridgehead atoms. The van der Waals surface area contributed by atoms with Gasteiger partial charge < -0.3 is 10.4 Å². The molecule has 1 aliphatic carbocycles. The Labute approximate surface area is 112 Å². The van der Waals surface area contributed by atoms with Gasteiger partial charge >= 0.3 is 0 Å². The fourth-order valence-corrected chi connectivity index (χ4v) is 2.33. The molecule has 1 aromatic rings. The van der Waals surface area contributed by atoms with E-state index in [1.54, 1.807) is 0 Å². The fraction of sp³-hybridized carbons (Fsp3) is 0.467. The summed E-state index contributed by atoms with van der Waals surface area (Å²) in [5.41, 5.74) is 1.59. The summed E-state index contributed by atoms with van der Waals surface area (Å²) in [6.45, 7) is 1.04. The van der Waals surface area contributed by atoms with Crippen LogP contribution in [-0.2, 0) is 0 Å². The van der Waals surface area contributed by atoms with Gasteiger partial charge in [-0.15, -0.1) is 0 Å². The molecule has 4 heteroatoms. The number of halogens is 2. The van der Waals surface area contributed by atoms with Crippen LogP contribution >= 0.6 is 0 Å². The van der Waals surface area contributed by atoms with E-state index in [1.807, 2.05) is 0 Å². The first-order valence-corrected chi connectivity index (χ1v) is 6.68. The molecule has 1 aliphatic rings. The minimum Gasteiger partial charge on any atom is -0.387 e. The molecule has 1 atom stereocenters. The van der Waals surface area contributed by atoms with E-state index in [-0.39, 0.29) is 12.1 Å². The lowest BCUT2D eigenvalue weighted by molar-refractivity contribution is 0.170. The highest BCUT2D eigenvalue weighted by Crippen LogP contribution is 2.20. The first kappa shape index (κ1) is 14.2. The highest BCUT2D eigenvalue weighted by atomic mass is 19.1. The first-order valence-electron chi connectivity index (χ1n) is 6.68. The molecular weight excluding hydrogens is 248 g/mol. The molecule has 2 nitrogen and oxygen atoms in total. The topological polar surface area (TPSA) is 32.3 Å². The van der Waals surface area contributed by atoms with E-state index in [1.165, 1.54) is 24.5 Å². The molecule has 0 amide bonds. The lowest BCUT2D eigenvalue weighted by Crippen LogP contribution is -2.23. The number of hydrogen-bond donors (Lipinski definition) is 2. The van der Waals surface area contributed by atoms with Crippen molar-refractivity contribution < 1.29 is 13.9 Å². The molecule has 2 N–H and O–H groups in total. The Morgan fingerprint density at radius 1 is 1.32 bits per heavy atom. The number of aliphatic hydroxyl groups excluding tert-OH is 1. The van der Waals surface area contributed by atoms with Gasteiger partial charge in [0.15, 0.2) is 0 Å². The van der Waals surface area contributed by atoms with Crippen molar-refractivity contribution in [2.45, 2.75) is 31.8 Å². The van der Waals surface area contributed by atoms with Crippen LogP contribution in [0, 0.1) is 11.6 Å². The van der Waals surface area contributed by atoms with E-state index in [4.69, 9.17) is 0 Å². The first-order chi connectivity index (χ1) is 9.16. The minimum absolute atomic E-state index is 0.133. The molecule has 0 aliphatic heterocycles. The number of allylic oxidation sites excluding steroid dienone is 1. The zero-order valence-electron chi connectivity index (χ0n) is 10.8. The van der Waals surface area contributed by atoms with E-state index in [0.29, 0.717) is 0 Å². The predicted molar refractivity (Wildman–Crippen MR) is 70.7 cm³/mol. The zero-order chi connectivity index (χ0) is 13.7. The molecule has 0 fully saturated rings. The third-order valence-electron chi connectivity index (χ3n) is 3.42. The van der Waals surface area contributed by atoms with Gasteiger partial charge in [0, 0.05) is 18.2 Å². The van der Waals surface area contributed by atoms with E-state index < -0.39 is 17.7 Å². The van der Waals surface area contributed by atoms with Gasteiger partial charge in [-0.25, -0.2) is 8.78 Å². The number of hydrogen-bond acceptors (Lipinski definition) is 2. The second kappa shape index (κ2) is 6.78. The normalized spacial score (nSPS) is 16.5. The molecule has 0 saturated carbocycles. The molecule has 0 radical (unpaired) electrons. The number of nitrogens with one attached hydrogen (secondary N) is 1. The van der Waals surface area contributed by atoms with Gasteiger partial charge in [0.2, 0.25) is 0 Å². The number of benzene rings is 1. The van der Waals surface area contributed by atoms with Gasteiger partial charge in [0.25, 0.3) is 0 Å². The van der Waals surface area contributed by atoms with Gasteiger partial charge in [-0.2, -0.15) is 0 Å². The van der Waals surface area contributed by atoms with Crippen molar-refractivity contribution in [1.82, 2.24) is 5.32 Å². The van der Waals surface area contributed by atoms with E-state index >= 15 is 0 Å². The van der Waals surface area contributed by atoms with Crippen molar-refractivity contribution >= 4 is 0 Å². The maximum absolute atomic E-state index is 13.4. The molecule has 1 aromatic carbocycles. The summed E-state index contributed by atoms with van der Waals surface area (Å²) in [6.07, 6.45) is 5.85. The third-order valence-corrected chi connectivity index (χ3v) is 3.42. The third kappa shape index (κ3) is 4.11. The lowest BCUT2D eigenvalue weighted by atomic mass is 10.1. The van der Waals surface area contributed by atoms with Crippen LogP contribution in [0.5, 0.6) is 0 Å². The van der Waals surface area contributed by atoms with E-state index in [9.17, 15) is 13.9 Å². The maximum atomic E-state index is 13.4. The molecule has 0 aromatic heterocycles. The van der Waals surface area contributed by atoms with Crippen molar-refractivity contribution in [1.29, 1.82) is 0 Å². The van der Waals surface area contributed by atoms with Gasteiger partial charge in [0.1, 0.15) is 11.6 Å². The SMILES string of the molecule is OC(CNCCC1=CCCC1)c1ccc(F)cc1F. The Morgan fingerprint density at radius 2 is 2.16 bits per heavy atom. The van der Waals surface area contributed by atoms with Crippen LogP contribution in [0.2, 0.25) is 0 Å². The van der Waals surface area contributed by atoms with Crippen LogP contribution < -0.4 is 5.32 Å². The Bertz CT molecular complexity index is 459. The van der Waals surface area contributed by atoms with Crippen molar-refractivity contribution in [2.24, 2.45) is 0 Å². The van der Waals surface area contributed by atoms with Gasteiger partial charge in [-0.05, 0) is 38.3 Å². The van der Waals surface area contributed by atoms with Crippen molar-refractivity contribution in [3.05, 3.63) is 47.0 Å². The van der Waals surface area contributed by atoms with Crippen LogP contribution in [0.3, 0.4) is 0 Å². The predicted octanol–water partition coefficient (Wildman–Crippen LogP) is 3.09. The van der Waals surface area contributed by atoms with Crippen LogP contribution in [0.15, 0.2) is 29.8 Å². The number of rotatable bonds is 6.